The molecule has 1 atom stereocenters. The smallest absolute Gasteiger partial charge is 0.387 e. The third kappa shape index (κ3) is 3.99. The van der Waals surface area contributed by atoms with Gasteiger partial charge in [-0.1, -0.05) is 17.3 Å². The first-order valence-corrected chi connectivity index (χ1v) is 6.12. The largest absolute Gasteiger partial charge is 0.435 e. The molecule has 0 aliphatic heterocycles. The van der Waals surface area contributed by atoms with Crippen molar-refractivity contribution in [2.45, 2.75) is 33.0 Å². The number of nitrogens with one attached hydrogen (secondary N) is 1. The number of aryl methyl sites for hydroxylation is 1. The topological polar surface area (TPSA) is 60.2 Å². The Morgan fingerprint density at radius 2 is 2.20 bits per heavy atom. The van der Waals surface area contributed by atoms with Crippen molar-refractivity contribution >= 4 is 0 Å². The van der Waals surface area contributed by atoms with Gasteiger partial charge < -0.3 is 14.6 Å². The fourth-order valence-electron chi connectivity index (χ4n) is 1.74. The maximum Gasteiger partial charge on any atom is 0.387 e. The normalized spacial score (nSPS) is 12.7. The van der Waals surface area contributed by atoms with Gasteiger partial charge in [0.1, 0.15) is 5.75 Å². The predicted molar refractivity (Wildman–Crippen MR) is 67.4 cm³/mol. The van der Waals surface area contributed by atoms with Crippen molar-refractivity contribution in [3.8, 4) is 5.75 Å². The number of hydrogen-bond donors (Lipinski definition) is 1. The summed E-state index contributed by atoms with van der Waals surface area (Å²) in [5, 5.41) is 6.95. The summed E-state index contributed by atoms with van der Waals surface area (Å²) in [6.45, 7) is 1.23. The lowest BCUT2D eigenvalue weighted by molar-refractivity contribution is -0.0499. The number of benzene rings is 1. The quantitative estimate of drug-likeness (QED) is 0.883. The van der Waals surface area contributed by atoms with E-state index in [0.717, 1.165) is 5.56 Å². The zero-order valence-corrected chi connectivity index (χ0v) is 11.1. The van der Waals surface area contributed by atoms with Gasteiger partial charge in [0.25, 0.3) is 0 Å². The van der Waals surface area contributed by atoms with Crippen molar-refractivity contribution in [1.29, 1.82) is 0 Å². The van der Waals surface area contributed by atoms with Crippen LogP contribution in [0.3, 0.4) is 0 Å². The van der Waals surface area contributed by atoms with Crippen LogP contribution in [0.4, 0.5) is 8.78 Å². The van der Waals surface area contributed by atoms with Gasteiger partial charge in [0.05, 0.1) is 6.54 Å². The van der Waals surface area contributed by atoms with Crippen LogP contribution in [-0.2, 0) is 6.54 Å². The minimum Gasteiger partial charge on any atom is -0.435 e. The maximum absolute atomic E-state index is 12.2. The number of nitrogens with zero attached hydrogens (tertiary/aromatic N) is 2. The Morgan fingerprint density at radius 3 is 2.85 bits per heavy atom. The Balaban J connectivity index is 1.96. The van der Waals surface area contributed by atoms with E-state index in [1.807, 2.05) is 13.0 Å². The highest BCUT2D eigenvalue weighted by molar-refractivity contribution is 5.30. The number of hydrogen-bond acceptors (Lipinski definition) is 5. The van der Waals surface area contributed by atoms with E-state index in [1.54, 1.807) is 19.1 Å². The van der Waals surface area contributed by atoms with Crippen molar-refractivity contribution in [3.05, 3.63) is 41.5 Å². The van der Waals surface area contributed by atoms with Crippen molar-refractivity contribution in [2.75, 3.05) is 0 Å². The van der Waals surface area contributed by atoms with Crippen molar-refractivity contribution in [1.82, 2.24) is 15.5 Å². The summed E-state index contributed by atoms with van der Waals surface area (Å²) in [6.07, 6.45) is 0. The Morgan fingerprint density at radius 1 is 1.40 bits per heavy atom. The SMILES string of the molecule is Cc1nc(CNC(C)c2cccc(OC(F)F)c2)no1. The molecule has 1 unspecified atom stereocenters. The second-order valence-electron chi connectivity index (χ2n) is 4.28. The molecule has 0 bridgehead atoms. The molecule has 5 nitrogen and oxygen atoms in total. The van der Waals surface area contributed by atoms with E-state index >= 15 is 0 Å². The standard InChI is InChI=1S/C13H15F2N3O2/c1-8(16-7-12-17-9(2)20-18-12)10-4-3-5-11(6-10)19-13(14)15/h3-6,8,13,16H,7H2,1-2H3. The Labute approximate surface area is 114 Å². The Bertz CT molecular complexity index is 560. The zero-order valence-electron chi connectivity index (χ0n) is 11.1. The molecule has 7 heteroatoms. The highest BCUT2D eigenvalue weighted by Crippen LogP contribution is 2.20. The van der Waals surface area contributed by atoms with E-state index in [0.29, 0.717) is 18.3 Å². The molecule has 0 fully saturated rings. The van der Waals surface area contributed by atoms with Crippen LogP contribution in [0.5, 0.6) is 5.75 Å². The van der Waals surface area contributed by atoms with Crippen LogP contribution in [0.2, 0.25) is 0 Å². The van der Waals surface area contributed by atoms with E-state index in [-0.39, 0.29) is 11.8 Å². The van der Waals surface area contributed by atoms with Gasteiger partial charge in [0, 0.05) is 13.0 Å². The summed E-state index contributed by atoms with van der Waals surface area (Å²) in [5.41, 5.74) is 0.836. The molecule has 1 N–H and O–H groups in total. The van der Waals surface area contributed by atoms with E-state index in [1.165, 1.54) is 6.07 Å². The predicted octanol–water partition coefficient (Wildman–Crippen LogP) is 2.83. The fourth-order valence-corrected chi connectivity index (χ4v) is 1.74. The maximum atomic E-state index is 12.2. The summed E-state index contributed by atoms with van der Waals surface area (Å²) in [7, 11) is 0. The molecule has 2 aromatic rings. The monoisotopic (exact) mass is 283 g/mol. The highest BCUT2D eigenvalue weighted by atomic mass is 19.3. The van der Waals surface area contributed by atoms with Gasteiger partial charge in [-0.15, -0.1) is 0 Å². The molecule has 2 rings (SSSR count). The fraction of sp³-hybridized carbons (Fsp3) is 0.385. The van der Waals surface area contributed by atoms with Crippen LogP contribution in [0, 0.1) is 6.92 Å². The van der Waals surface area contributed by atoms with Gasteiger partial charge in [-0.05, 0) is 24.6 Å². The summed E-state index contributed by atoms with van der Waals surface area (Å²) >= 11 is 0. The third-order valence-corrected chi connectivity index (χ3v) is 2.72. The van der Waals surface area contributed by atoms with E-state index in [4.69, 9.17) is 4.52 Å². The van der Waals surface area contributed by atoms with E-state index in [2.05, 4.69) is 20.2 Å². The van der Waals surface area contributed by atoms with Gasteiger partial charge >= 0.3 is 6.61 Å². The molecule has 0 aliphatic rings. The molecule has 0 saturated heterocycles. The number of alkyl halides is 2. The average molecular weight is 283 g/mol. The molecule has 0 spiro atoms. The molecule has 1 aromatic heterocycles. The van der Waals surface area contributed by atoms with Crippen molar-refractivity contribution in [3.63, 3.8) is 0 Å². The first-order chi connectivity index (χ1) is 9.54. The second-order valence-corrected chi connectivity index (χ2v) is 4.28. The molecule has 1 heterocycles. The summed E-state index contributed by atoms with van der Waals surface area (Å²) in [4.78, 5) is 4.07. The van der Waals surface area contributed by atoms with E-state index in [9.17, 15) is 8.78 Å². The van der Waals surface area contributed by atoms with Gasteiger partial charge in [-0.3, -0.25) is 0 Å². The van der Waals surface area contributed by atoms with Gasteiger partial charge in [0.15, 0.2) is 5.82 Å². The first kappa shape index (κ1) is 14.4. The molecule has 0 radical (unpaired) electrons. The number of aromatic nitrogens is 2. The molecule has 0 amide bonds. The summed E-state index contributed by atoms with van der Waals surface area (Å²) in [6, 6.07) is 6.51. The minimum atomic E-state index is -2.82. The summed E-state index contributed by atoms with van der Waals surface area (Å²) < 4.78 is 33.6. The van der Waals surface area contributed by atoms with Crippen molar-refractivity contribution in [2.24, 2.45) is 0 Å². The first-order valence-electron chi connectivity index (χ1n) is 6.12. The average Bonchev–Trinajstić information content (AvgIpc) is 2.81. The molecule has 108 valence electrons. The lowest BCUT2D eigenvalue weighted by Crippen LogP contribution is -2.19. The Hall–Kier alpha value is -2.02. The van der Waals surface area contributed by atoms with Crippen LogP contribution < -0.4 is 10.1 Å². The van der Waals surface area contributed by atoms with Crippen LogP contribution in [-0.4, -0.2) is 16.8 Å². The molecule has 0 saturated carbocycles. The Kier molecular flexibility index (Phi) is 4.62. The van der Waals surface area contributed by atoms with Gasteiger partial charge in [-0.2, -0.15) is 13.8 Å². The van der Waals surface area contributed by atoms with Crippen LogP contribution >= 0.6 is 0 Å². The lowest BCUT2D eigenvalue weighted by Gasteiger charge is -2.14. The highest BCUT2D eigenvalue weighted by Gasteiger charge is 2.10. The molecular formula is C13H15F2N3O2. The molecule has 0 aliphatic carbocycles. The third-order valence-electron chi connectivity index (χ3n) is 2.72. The lowest BCUT2D eigenvalue weighted by atomic mass is 10.1. The van der Waals surface area contributed by atoms with Crippen molar-refractivity contribution < 1.29 is 18.0 Å². The number of halogens is 2. The minimum absolute atomic E-state index is 0.0602. The van der Waals surface area contributed by atoms with E-state index < -0.39 is 6.61 Å². The number of rotatable bonds is 6. The molecule has 1 aromatic carbocycles. The number of ether oxygens (including phenoxy) is 1. The summed E-state index contributed by atoms with van der Waals surface area (Å²) in [5.74, 6) is 1.19. The van der Waals surface area contributed by atoms with Crippen LogP contribution in [0.15, 0.2) is 28.8 Å². The molecule has 20 heavy (non-hydrogen) atoms. The van der Waals surface area contributed by atoms with Gasteiger partial charge in [0.2, 0.25) is 5.89 Å². The van der Waals surface area contributed by atoms with Crippen LogP contribution in [0.1, 0.15) is 30.2 Å². The zero-order chi connectivity index (χ0) is 14.5. The van der Waals surface area contributed by atoms with Crippen LogP contribution in [0.25, 0.3) is 0 Å². The molecular weight excluding hydrogens is 268 g/mol. The van der Waals surface area contributed by atoms with Gasteiger partial charge in [-0.25, -0.2) is 0 Å². The second kappa shape index (κ2) is 6.42.